The second-order valence-electron chi connectivity index (χ2n) is 7.67. The molecular weight excluding hydrogens is 252 g/mol. The summed E-state index contributed by atoms with van der Waals surface area (Å²) in [4.78, 5) is 11.9. The van der Waals surface area contributed by atoms with Crippen LogP contribution in [0.1, 0.15) is 67.2 Å². The fraction of sp³-hybridized carbons (Fsp3) is 0.938. The molecule has 1 amide bonds. The van der Waals surface area contributed by atoms with Crippen LogP contribution in [0.2, 0.25) is 0 Å². The summed E-state index contributed by atoms with van der Waals surface area (Å²) < 4.78 is 5.36. The molecule has 0 aromatic carbocycles. The predicted octanol–water partition coefficient (Wildman–Crippen LogP) is 3.46. The van der Waals surface area contributed by atoms with Crippen molar-refractivity contribution in [1.82, 2.24) is 10.6 Å². The first-order valence-electron chi connectivity index (χ1n) is 7.86. The monoisotopic (exact) mass is 284 g/mol. The molecule has 0 aromatic rings. The molecule has 1 atom stereocenters. The second-order valence-corrected chi connectivity index (χ2v) is 7.67. The number of alkyl carbamates (subject to hydrolysis) is 1. The van der Waals surface area contributed by atoms with Crippen LogP contribution in [0.3, 0.4) is 0 Å². The average Bonchev–Trinajstić information content (AvgIpc) is 2.18. The molecule has 0 radical (unpaired) electrons. The third-order valence-electron chi connectivity index (χ3n) is 3.69. The van der Waals surface area contributed by atoms with Crippen molar-refractivity contribution in [3.05, 3.63) is 0 Å². The smallest absolute Gasteiger partial charge is 0.408 e. The van der Waals surface area contributed by atoms with Crippen molar-refractivity contribution in [3.8, 4) is 0 Å². The SMILES string of the molecule is CC(C)CC(C)NCC1(NC(=O)OC(C)(C)C)CCC1. The third kappa shape index (κ3) is 6.12. The van der Waals surface area contributed by atoms with Crippen LogP contribution in [-0.2, 0) is 4.74 Å². The first-order valence-corrected chi connectivity index (χ1v) is 7.86. The minimum absolute atomic E-state index is 0.104. The summed E-state index contributed by atoms with van der Waals surface area (Å²) in [5.74, 6) is 0.689. The zero-order valence-corrected chi connectivity index (χ0v) is 14.0. The Labute approximate surface area is 124 Å². The van der Waals surface area contributed by atoms with Gasteiger partial charge in [-0.2, -0.15) is 0 Å². The van der Waals surface area contributed by atoms with E-state index in [-0.39, 0.29) is 11.6 Å². The molecule has 1 aliphatic carbocycles. The van der Waals surface area contributed by atoms with Gasteiger partial charge >= 0.3 is 6.09 Å². The lowest BCUT2D eigenvalue weighted by molar-refractivity contribution is 0.0378. The van der Waals surface area contributed by atoms with Gasteiger partial charge in [0, 0.05) is 12.6 Å². The molecule has 1 saturated carbocycles. The Kier molecular flexibility index (Phi) is 5.87. The van der Waals surface area contributed by atoms with E-state index in [9.17, 15) is 4.79 Å². The van der Waals surface area contributed by atoms with E-state index in [0.29, 0.717) is 12.0 Å². The lowest BCUT2D eigenvalue weighted by atomic mass is 9.76. The van der Waals surface area contributed by atoms with E-state index in [2.05, 4.69) is 31.4 Å². The normalized spacial score (nSPS) is 19.4. The van der Waals surface area contributed by atoms with E-state index >= 15 is 0 Å². The molecule has 1 unspecified atom stereocenters. The van der Waals surface area contributed by atoms with Gasteiger partial charge in [0.05, 0.1) is 5.54 Å². The highest BCUT2D eigenvalue weighted by Crippen LogP contribution is 2.31. The minimum atomic E-state index is -0.437. The van der Waals surface area contributed by atoms with E-state index < -0.39 is 5.60 Å². The molecule has 0 heterocycles. The lowest BCUT2D eigenvalue weighted by Crippen LogP contribution is -2.60. The second kappa shape index (κ2) is 6.79. The van der Waals surface area contributed by atoms with Crippen molar-refractivity contribution in [2.24, 2.45) is 5.92 Å². The minimum Gasteiger partial charge on any atom is -0.444 e. The van der Waals surface area contributed by atoms with Crippen molar-refractivity contribution in [2.75, 3.05) is 6.54 Å². The molecule has 1 fully saturated rings. The van der Waals surface area contributed by atoms with Gasteiger partial charge in [-0.1, -0.05) is 13.8 Å². The quantitative estimate of drug-likeness (QED) is 0.785. The van der Waals surface area contributed by atoms with Gasteiger partial charge in [0.25, 0.3) is 0 Å². The molecule has 1 aliphatic rings. The molecule has 0 aliphatic heterocycles. The lowest BCUT2D eigenvalue weighted by Gasteiger charge is -2.43. The van der Waals surface area contributed by atoms with E-state index in [0.717, 1.165) is 25.8 Å². The van der Waals surface area contributed by atoms with Crippen LogP contribution >= 0.6 is 0 Å². The number of carbonyl (C=O) groups excluding carboxylic acids is 1. The molecule has 0 bridgehead atoms. The van der Waals surface area contributed by atoms with Gasteiger partial charge in [-0.05, 0) is 59.3 Å². The van der Waals surface area contributed by atoms with Crippen LogP contribution in [0.5, 0.6) is 0 Å². The largest absolute Gasteiger partial charge is 0.444 e. The van der Waals surface area contributed by atoms with Crippen LogP contribution in [0.25, 0.3) is 0 Å². The molecule has 4 heteroatoms. The topological polar surface area (TPSA) is 50.4 Å². The van der Waals surface area contributed by atoms with Crippen LogP contribution in [0, 0.1) is 5.92 Å². The van der Waals surface area contributed by atoms with E-state index in [1.807, 2.05) is 20.8 Å². The van der Waals surface area contributed by atoms with E-state index in [4.69, 9.17) is 4.74 Å². The summed E-state index contributed by atoms with van der Waals surface area (Å²) in [5, 5.41) is 6.63. The first kappa shape index (κ1) is 17.3. The van der Waals surface area contributed by atoms with Gasteiger partial charge in [0.15, 0.2) is 0 Å². The summed E-state index contributed by atoms with van der Waals surface area (Å²) >= 11 is 0. The van der Waals surface area contributed by atoms with Crippen molar-refractivity contribution in [3.63, 3.8) is 0 Å². The standard InChI is InChI=1S/C16H32N2O2/c1-12(2)10-13(3)17-11-16(8-7-9-16)18-14(19)20-15(4,5)6/h12-13,17H,7-11H2,1-6H3,(H,18,19). The fourth-order valence-electron chi connectivity index (χ4n) is 2.63. The van der Waals surface area contributed by atoms with Gasteiger partial charge in [0.2, 0.25) is 0 Å². The zero-order valence-electron chi connectivity index (χ0n) is 14.0. The molecule has 1 rings (SSSR count). The van der Waals surface area contributed by atoms with E-state index in [1.165, 1.54) is 6.42 Å². The Hall–Kier alpha value is -0.770. The number of amides is 1. The first-order chi connectivity index (χ1) is 9.12. The highest BCUT2D eigenvalue weighted by molar-refractivity contribution is 5.69. The number of nitrogens with one attached hydrogen (secondary N) is 2. The van der Waals surface area contributed by atoms with Gasteiger partial charge in [-0.3, -0.25) is 0 Å². The molecule has 20 heavy (non-hydrogen) atoms. The van der Waals surface area contributed by atoms with Crippen LogP contribution < -0.4 is 10.6 Å². The summed E-state index contributed by atoms with van der Waals surface area (Å²) in [6.07, 6.45) is 4.11. The molecule has 4 nitrogen and oxygen atoms in total. The van der Waals surface area contributed by atoms with Crippen molar-refractivity contribution in [2.45, 2.75) is 84.4 Å². The summed E-state index contributed by atoms with van der Waals surface area (Å²) in [7, 11) is 0. The maximum Gasteiger partial charge on any atom is 0.408 e. The number of rotatable bonds is 6. The molecule has 0 aromatic heterocycles. The molecule has 118 valence electrons. The number of ether oxygens (including phenoxy) is 1. The van der Waals surface area contributed by atoms with Gasteiger partial charge < -0.3 is 15.4 Å². The maximum absolute atomic E-state index is 11.9. The Morgan fingerprint density at radius 1 is 1.25 bits per heavy atom. The van der Waals surface area contributed by atoms with E-state index in [1.54, 1.807) is 0 Å². The summed E-state index contributed by atoms with van der Waals surface area (Å²) in [5.41, 5.74) is -0.541. The predicted molar refractivity (Wildman–Crippen MR) is 82.9 cm³/mol. The summed E-state index contributed by atoms with van der Waals surface area (Å²) in [6, 6.07) is 0.480. The Bertz CT molecular complexity index is 317. The summed E-state index contributed by atoms with van der Waals surface area (Å²) in [6.45, 7) is 13.2. The zero-order chi connectivity index (χ0) is 15.4. The molecular formula is C16H32N2O2. The highest BCUT2D eigenvalue weighted by atomic mass is 16.6. The maximum atomic E-state index is 11.9. The fourth-order valence-corrected chi connectivity index (χ4v) is 2.63. The van der Waals surface area contributed by atoms with Gasteiger partial charge in [-0.15, -0.1) is 0 Å². The van der Waals surface area contributed by atoms with Crippen LogP contribution in [0.15, 0.2) is 0 Å². The third-order valence-corrected chi connectivity index (χ3v) is 3.69. The Morgan fingerprint density at radius 3 is 2.25 bits per heavy atom. The molecule has 0 spiro atoms. The van der Waals surface area contributed by atoms with Gasteiger partial charge in [-0.25, -0.2) is 4.79 Å². The van der Waals surface area contributed by atoms with Crippen LogP contribution in [-0.4, -0.2) is 29.8 Å². The van der Waals surface area contributed by atoms with Crippen molar-refractivity contribution >= 4 is 6.09 Å². The highest BCUT2D eigenvalue weighted by Gasteiger charge is 2.39. The number of hydrogen-bond donors (Lipinski definition) is 2. The molecule has 2 N–H and O–H groups in total. The number of hydrogen-bond acceptors (Lipinski definition) is 3. The van der Waals surface area contributed by atoms with Crippen molar-refractivity contribution in [1.29, 1.82) is 0 Å². The Morgan fingerprint density at radius 2 is 1.85 bits per heavy atom. The molecule has 0 saturated heterocycles. The van der Waals surface area contributed by atoms with Gasteiger partial charge in [0.1, 0.15) is 5.60 Å². The Balaban J connectivity index is 2.41. The number of carbonyl (C=O) groups is 1. The van der Waals surface area contributed by atoms with Crippen molar-refractivity contribution < 1.29 is 9.53 Å². The van der Waals surface area contributed by atoms with Crippen LogP contribution in [0.4, 0.5) is 4.79 Å². The average molecular weight is 284 g/mol.